The van der Waals surface area contributed by atoms with Crippen LogP contribution in [0.2, 0.25) is 0 Å². The Labute approximate surface area is 93.5 Å². The third-order valence-electron chi connectivity index (χ3n) is 2.54. The Morgan fingerprint density at radius 1 is 1.12 bits per heavy atom. The molecule has 0 radical (unpaired) electrons. The summed E-state index contributed by atoms with van der Waals surface area (Å²) in [6.45, 7) is 0. The number of halogens is 3. The zero-order valence-electron chi connectivity index (χ0n) is 8.44. The number of aromatic nitrogens is 3. The normalized spacial score (nSPS) is 12.4. The minimum Gasteiger partial charge on any atom is -0.236 e. The molecule has 0 N–H and O–H groups in total. The molecule has 17 heavy (non-hydrogen) atoms. The maximum atomic E-state index is 12.5. The molecule has 86 valence electrons. The molecule has 0 aliphatic heterocycles. The van der Waals surface area contributed by atoms with Gasteiger partial charge >= 0.3 is 6.18 Å². The molecular weight excluding hydrogens is 231 g/mol. The van der Waals surface area contributed by atoms with Gasteiger partial charge in [-0.15, -0.1) is 0 Å². The van der Waals surface area contributed by atoms with Crippen molar-refractivity contribution >= 4 is 16.6 Å². The second kappa shape index (κ2) is 3.19. The van der Waals surface area contributed by atoms with E-state index in [9.17, 15) is 13.2 Å². The van der Waals surface area contributed by atoms with Gasteiger partial charge in [0.25, 0.3) is 0 Å². The van der Waals surface area contributed by atoms with E-state index in [1.165, 1.54) is 16.8 Å². The van der Waals surface area contributed by atoms with E-state index in [-0.39, 0.29) is 0 Å². The molecule has 0 fully saturated rings. The van der Waals surface area contributed by atoms with Crippen molar-refractivity contribution < 1.29 is 13.2 Å². The molecule has 3 rings (SSSR count). The second-order valence-corrected chi connectivity index (χ2v) is 3.63. The van der Waals surface area contributed by atoms with Crippen LogP contribution in [-0.2, 0) is 6.18 Å². The van der Waals surface area contributed by atoms with Crippen LogP contribution in [0.25, 0.3) is 16.6 Å². The first-order valence-electron chi connectivity index (χ1n) is 4.85. The fraction of sp³-hybridized carbons (Fsp3) is 0.0909. The maximum absolute atomic E-state index is 12.5. The van der Waals surface area contributed by atoms with Gasteiger partial charge in [0.05, 0.1) is 17.3 Å². The zero-order valence-corrected chi connectivity index (χ0v) is 8.44. The lowest BCUT2D eigenvalue weighted by molar-refractivity contribution is -0.137. The number of rotatable bonds is 0. The van der Waals surface area contributed by atoms with Gasteiger partial charge in [-0.2, -0.15) is 18.3 Å². The van der Waals surface area contributed by atoms with Crippen LogP contribution in [0.15, 0.2) is 36.7 Å². The first-order valence-corrected chi connectivity index (χ1v) is 4.85. The van der Waals surface area contributed by atoms with Crippen molar-refractivity contribution in [3.05, 3.63) is 42.2 Å². The molecule has 0 saturated heterocycles. The fourth-order valence-corrected chi connectivity index (χ4v) is 1.74. The van der Waals surface area contributed by atoms with E-state index < -0.39 is 11.7 Å². The van der Waals surface area contributed by atoms with Gasteiger partial charge in [0, 0.05) is 17.6 Å². The Kier molecular flexibility index (Phi) is 1.89. The molecule has 0 unspecified atom stereocenters. The summed E-state index contributed by atoms with van der Waals surface area (Å²) in [5.74, 6) is 0. The Morgan fingerprint density at radius 2 is 1.94 bits per heavy atom. The predicted octanol–water partition coefficient (Wildman–Crippen LogP) is 2.90. The van der Waals surface area contributed by atoms with E-state index in [0.717, 1.165) is 12.1 Å². The summed E-state index contributed by atoms with van der Waals surface area (Å²) in [6.07, 6.45) is -1.37. The van der Waals surface area contributed by atoms with Crippen molar-refractivity contribution in [1.29, 1.82) is 0 Å². The summed E-state index contributed by atoms with van der Waals surface area (Å²) in [5, 5.41) is 4.42. The highest BCUT2D eigenvalue weighted by molar-refractivity contribution is 5.81. The number of benzene rings is 1. The average Bonchev–Trinajstić information content (AvgIpc) is 2.75. The first kappa shape index (κ1) is 10.1. The fourth-order valence-electron chi connectivity index (χ4n) is 1.74. The van der Waals surface area contributed by atoms with Gasteiger partial charge in [-0.1, -0.05) is 0 Å². The summed E-state index contributed by atoms with van der Waals surface area (Å²) in [5.41, 5.74) is 0.531. The summed E-state index contributed by atoms with van der Waals surface area (Å²) in [7, 11) is 0. The van der Waals surface area contributed by atoms with Crippen molar-refractivity contribution in [2.24, 2.45) is 0 Å². The Hall–Kier alpha value is -2.11. The standard InChI is InChI=1S/C11H6F3N3/c12-11(13,14)8-1-2-9-7(5-8)6-15-10-3-4-16-17(9)10/h1-6H. The van der Waals surface area contributed by atoms with Crippen LogP contribution >= 0.6 is 0 Å². The highest BCUT2D eigenvalue weighted by Crippen LogP contribution is 2.31. The quantitative estimate of drug-likeness (QED) is 0.601. The topological polar surface area (TPSA) is 30.2 Å². The largest absolute Gasteiger partial charge is 0.416 e. The molecule has 0 atom stereocenters. The third kappa shape index (κ3) is 1.52. The molecule has 0 amide bonds. The molecule has 2 aromatic heterocycles. The number of fused-ring (bicyclic) bond motifs is 3. The van der Waals surface area contributed by atoms with Crippen LogP contribution in [0.3, 0.4) is 0 Å². The number of hydrogen-bond acceptors (Lipinski definition) is 2. The Bertz CT molecular complexity index is 700. The van der Waals surface area contributed by atoms with E-state index in [2.05, 4.69) is 10.1 Å². The minimum absolute atomic E-state index is 0.413. The molecule has 0 saturated carbocycles. The zero-order chi connectivity index (χ0) is 12.0. The monoisotopic (exact) mass is 237 g/mol. The molecule has 1 aromatic carbocycles. The number of alkyl halides is 3. The van der Waals surface area contributed by atoms with Crippen molar-refractivity contribution in [3.63, 3.8) is 0 Å². The van der Waals surface area contributed by atoms with E-state index in [4.69, 9.17) is 0 Å². The van der Waals surface area contributed by atoms with Gasteiger partial charge in [-0.05, 0) is 18.2 Å². The third-order valence-corrected chi connectivity index (χ3v) is 2.54. The first-order chi connectivity index (χ1) is 8.05. The van der Waals surface area contributed by atoms with Crippen LogP contribution in [0.4, 0.5) is 13.2 Å². The van der Waals surface area contributed by atoms with E-state index in [0.29, 0.717) is 16.6 Å². The van der Waals surface area contributed by atoms with Gasteiger partial charge < -0.3 is 0 Å². The molecule has 0 aliphatic carbocycles. The summed E-state index contributed by atoms with van der Waals surface area (Å²) in [4.78, 5) is 4.03. The van der Waals surface area contributed by atoms with Crippen LogP contribution in [0.1, 0.15) is 5.56 Å². The Balaban J connectivity index is 2.34. The van der Waals surface area contributed by atoms with Crippen LogP contribution in [0.5, 0.6) is 0 Å². The van der Waals surface area contributed by atoms with Crippen LogP contribution < -0.4 is 0 Å². The summed E-state index contributed by atoms with van der Waals surface area (Å²) in [6, 6.07) is 5.21. The minimum atomic E-state index is -4.34. The van der Waals surface area contributed by atoms with Crippen molar-refractivity contribution in [3.8, 4) is 0 Å². The highest BCUT2D eigenvalue weighted by Gasteiger charge is 2.30. The maximum Gasteiger partial charge on any atom is 0.416 e. The number of nitrogens with zero attached hydrogens (tertiary/aromatic N) is 3. The Morgan fingerprint density at radius 3 is 2.71 bits per heavy atom. The summed E-state index contributed by atoms with van der Waals surface area (Å²) < 4.78 is 39.1. The smallest absolute Gasteiger partial charge is 0.236 e. The van der Waals surface area contributed by atoms with Gasteiger partial charge in [0.1, 0.15) is 0 Å². The molecule has 6 heteroatoms. The van der Waals surface area contributed by atoms with Gasteiger partial charge in [0.15, 0.2) is 5.65 Å². The lowest BCUT2D eigenvalue weighted by Gasteiger charge is -2.08. The predicted molar refractivity (Wildman–Crippen MR) is 55.5 cm³/mol. The van der Waals surface area contributed by atoms with Crippen molar-refractivity contribution in [2.75, 3.05) is 0 Å². The SMILES string of the molecule is FC(F)(F)c1ccc2c(cnc3ccnn32)c1. The molecular formula is C11H6F3N3. The highest BCUT2D eigenvalue weighted by atomic mass is 19.4. The van der Waals surface area contributed by atoms with E-state index >= 15 is 0 Å². The molecule has 3 aromatic rings. The molecule has 0 spiro atoms. The lowest BCUT2D eigenvalue weighted by Crippen LogP contribution is -2.05. The van der Waals surface area contributed by atoms with E-state index in [1.54, 1.807) is 12.3 Å². The second-order valence-electron chi connectivity index (χ2n) is 3.63. The lowest BCUT2D eigenvalue weighted by atomic mass is 10.1. The van der Waals surface area contributed by atoms with Crippen LogP contribution in [0, 0.1) is 0 Å². The van der Waals surface area contributed by atoms with E-state index in [1.807, 2.05) is 0 Å². The van der Waals surface area contributed by atoms with Crippen molar-refractivity contribution in [2.45, 2.75) is 6.18 Å². The average molecular weight is 237 g/mol. The molecule has 0 aliphatic rings. The van der Waals surface area contributed by atoms with Crippen molar-refractivity contribution in [1.82, 2.24) is 14.6 Å². The molecule has 3 nitrogen and oxygen atoms in total. The molecule has 0 bridgehead atoms. The van der Waals surface area contributed by atoms with Gasteiger partial charge in [-0.3, -0.25) is 0 Å². The molecule has 2 heterocycles. The van der Waals surface area contributed by atoms with Gasteiger partial charge in [-0.25, -0.2) is 9.50 Å². The number of hydrogen-bond donors (Lipinski definition) is 0. The summed E-state index contributed by atoms with van der Waals surface area (Å²) >= 11 is 0. The van der Waals surface area contributed by atoms with Gasteiger partial charge in [0.2, 0.25) is 0 Å². The van der Waals surface area contributed by atoms with Crippen LogP contribution in [-0.4, -0.2) is 14.6 Å².